The molecule has 2 aromatic carbocycles. The number of benzene rings is 2. The highest BCUT2D eigenvalue weighted by Gasteiger charge is 2.31. The topological polar surface area (TPSA) is 74.0 Å². The van der Waals surface area contributed by atoms with Crippen molar-refractivity contribution >= 4 is 17.6 Å². The Morgan fingerprint density at radius 3 is 2.56 bits per heavy atom. The quantitative estimate of drug-likeness (QED) is 0.448. The lowest BCUT2D eigenvalue weighted by atomic mass is 10.1. The lowest BCUT2D eigenvalue weighted by Gasteiger charge is -2.11. The van der Waals surface area contributed by atoms with E-state index in [0.29, 0.717) is 5.56 Å². The van der Waals surface area contributed by atoms with Crippen LogP contribution in [0.25, 0.3) is 0 Å². The van der Waals surface area contributed by atoms with Crippen molar-refractivity contribution in [3.63, 3.8) is 0 Å². The van der Waals surface area contributed by atoms with Gasteiger partial charge in [-0.25, -0.2) is 4.99 Å². The summed E-state index contributed by atoms with van der Waals surface area (Å²) in [6.07, 6.45) is -3.65. The van der Waals surface area contributed by atoms with E-state index in [0.717, 1.165) is 12.1 Å². The molecule has 0 unspecified atom stereocenters. The molecule has 0 N–H and O–H groups in total. The average molecular weight is 354 g/mol. The predicted molar refractivity (Wildman–Crippen MR) is 84.8 cm³/mol. The van der Waals surface area contributed by atoms with Gasteiger partial charge in [0.1, 0.15) is 17.2 Å². The minimum absolute atomic E-state index is 0.0780. The standard InChI is InChI=1S/C16H13F3N2O4/c1-10-4-3-5-13(15(10)21(22)23)20-9-11-8-12(25-16(17,18)19)6-7-14(11)24-2/h3-9H,1-2H3. The molecule has 2 rings (SSSR count). The van der Waals surface area contributed by atoms with Gasteiger partial charge in [0.2, 0.25) is 0 Å². The summed E-state index contributed by atoms with van der Waals surface area (Å²) in [6, 6.07) is 8.05. The molecule has 0 heterocycles. The highest BCUT2D eigenvalue weighted by Crippen LogP contribution is 2.32. The van der Waals surface area contributed by atoms with Crippen LogP contribution in [0, 0.1) is 17.0 Å². The molecule has 2 aromatic rings. The molecule has 0 saturated carbocycles. The van der Waals surface area contributed by atoms with Crippen molar-refractivity contribution in [3.05, 3.63) is 57.6 Å². The van der Waals surface area contributed by atoms with Crippen LogP contribution < -0.4 is 9.47 Å². The Hall–Kier alpha value is -3.10. The smallest absolute Gasteiger partial charge is 0.496 e. The molecule has 6 nitrogen and oxygen atoms in total. The number of halogens is 3. The van der Waals surface area contributed by atoms with E-state index >= 15 is 0 Å². The predicted octanol–water partition coefficient (Wildman–Crippen LogP) is 4.56. The molecule has 0 spiro atoms. The Labute approximate surface area is 140 Å². The Bertz CT molecular complexity index is 820. The summed E-state index contributed by atoms with van der Waals surface area (Å²) < 4.78 is 45.9. The first-order valence-electron chi connectivity index (χ1n) is 6.93. The molecule has 0 radical (unpaired) electrons. The molecular formula is C16H13F3N2O4. The van der Waals surface area contributed by atoms with Crippen molar-refractivity contribution < 1.29 is 27.6 Å². The van der Waals surface area contributed by atoms with Crippen LogP contribution in [0.2, 0.25) is 0 Å². The highest BCUT2D eigenvalue weighted by atomic mass is 19.4. The Morgan fingerprint density at radius 2 is 1.96 bits per heavy atom. The van der Waals surface area contributed by atoms with Crippen molar-refractivity contribution in [2.45, 2.75) is 13.3 Å². The van der Waals surface area contributed by atoms with Crippen LogP contribution >= 0.6 is 0 Å². The number of aryl methyl sites for hydroxylation is 1. The normalized spacial score (nSPS) is 11.6. The van der Waals surface area contributed by atoms with E-state index in [9.17, 15) is 23.3 Å². The van der Waals surface area contributed by atoms with E-state index in [-0.39, 0.29) is 22.7 Å². The van der Waals surface area contributed by atoms with Crippen LogP contribution in [0.1, 0.15) is 11.1 Å². The number of methoxy groups -OCH3 is 1. The molecule has 132 valence electrons. The fourth-order valence-electron chi connectivity index (χ4n) is 2.13. The zero-order chi connectivity index (χ0) is 18.6. The van der Waals surface area contributed by atoms with Gasteiger partial charge in [0.05, 0.1) is 12.0 Å². The van der Waals surface area contributed by atoms with E-state index < -0.39 is 17.0 Å². The number of ether oxygens (including phenoxy) is 2. The lowest BCUT2D eigenvalue weighted by Crippen LogP contribution is -2.17. The zero-order valence-corrected chi connectivity index (χ0v) is 13.2. The summed E-state index contributed by atoms with van der Waals surface area (Å²) >= 11 is 0. The summed E-state index contributed by atoms with van der Waals surface area (Å²) in [5.74, 6) is -0.206. The molecule has 0 saturated heterocycles. The largest absolute Gasteiger partial charge is 0.573 e. The van der Waals surface area contributed by atoms with Gasteiger partial charge >= 0.3 is 6.36 Å². The summed E-state index contributed by atoms with van der Waals surface area (Å²) in [6.45, 7) is 1.57. The molecule has 25 heavy (non-hydrogen) atoms. The van der Waals surface area contributed by atoms with Gasteiger partial charge in [-0.05, 0) is 31.2 Å². The van der Waals surface area contributed by atoms with Crippen LogP contribution in [0.3, 0.4) is 0 Å². The third kappa shape index (κ3) is 4.69. The monoisotopic (exact) mass is 354 g/mol. The van der Waals surface area contributed by atoms with Crippen LogP contribution in [0.5, 0.6) is 11.5 Å². The van der Waals surface area contributed by atoms with Gasteiger partial charge in [-0.1, -0.05) is 12.1 Å². The number of nitro groups is 1. The van der Waals surface area contributed by atoms with E-state index in [1.807, 2.05) is 0 Å². The third-order valence-electron chi connectivity index (χ3n) is 3.18. The van der Waals surface area contributed by atoms with Gasteiger partial charge in [-0.3, -0.25) is 10.1 Å². The second-order valence-corrected chi connectivity index (χ2v) is 4.91. The molecule has 0 aromatic heterocycles. The SMILES string of the molecule is COc1ccc(OC(F)(F)F)cc1C=Nc1cccc(C)c1[N+](=O)[O-]. The second-order valence-electron chi connectivity index (χ2n) is 4.91. The maximum atomic E-state index is 12.3. The maximum Gasteiger partial charge on any atom is 0.573 e. The summed E-state index contributed by atoms with van der Waals surface area (Å²) in [4.78, 5) is 14.6. The number of hydrogen-bond acceptors (Lipinski definition) is 5. The van der Waals surface area contributed by atoms with Gasteiger partial charge in [0.15, 0.2) is 0 Å². The minimum atomic E-state index is -4.83. The van der Waals surface area contributed by atoms with Crippen molar-refractivity contribution in [1.29, 1.82) is 0 Å². The molecule has 0 fully saturated rings. The minimum Gasteiger partial charge on any atom is -0.496 e. The Balaban J connectivity index is 2.42. The molecule has 9 heteroatoms. The number of nitrogens with zero attached hydrogens (tertiary/aromatic N) is 2. The molecular weight excluding hydrogens is 341 g/mol. The highest BCUT2D eigenvalue weighted by molar-refractivity contribution is 5.87. The van der Waals surface area contributed by atoms with E-state index in [2.05, 4.69) is 9.73 Å². The molecule has 0 bridgehead atoms. The molecule has 0 aliphatic rings. The number of hydrogen-bond donors (Lipinski definition) is 0. The Morgan fingerprint density at radius 1 is 1.24 bits per heavy atom. The van der Waals surface area contributed by atoms with Crippen molar-refractivity contribution in [2.75, 3.05) is 7.11 Å². The maximum absolute atomic E-state index is 12.3. The summed E-state index contributed by atoms with van der Waals surface area (Å²) in [5, 5.41) is 11.1. The lowest BCUT2D eigenvalue weighted by molar-refractivity contribution is -0.384. The second kappa shape index (κ2) is 7.20. The third-order valence-corrected chi connectivity index (χ3v) is 3.18. The van der Waals surface area contributed by atoms with Crippen molar-refractivity contribution in [2.24, 2.45) is 4.99 Å². The van der Waals surface area contributed by atoms with E-state index in [1.165, 1.54) is 25.5 Å². The van der Waals surface area contributed by atoms with E-state index in [4.69, 9.17) is 4.74 Å². The average Bonchev–Trinajstić information content (AvgIpc) is 2.51. The fourth-order valence-corrected chi connectivity index (χ4v) is 2.13. The number of alkyl halides is 3. The van der Waals surface area contributed by atoms with Crippen molar-refractivity contribution in [1.82, 2.24) is 0 Å². The van der Waals surface area contributed by atoms with Gasteiger partial charge in [0.25, 0.3) is 5.69 Å². The van der Waals surface area contributed by atoms with Crippen LogP contribution in [-0.2, 0) is 0 Å². The summed E-state index contributed by atoms with van der Waals surface area (Å²) in [7, 11) is 1.34. The van der Waals surface area contributed by atoms with Crippen LogP contribution in [-0.4, -0.2) is 24.6 Å². The van der Waals surface area contributed by atoms with Gasteiger partial charge in [-0.15, -0.1) is 13.2 Å². The van der Waals surface area contributed by atoms with Crippen molar-refractivity contribution in [3.8, 4) is 11.5 Å². The first-order valence-corrected chi connectivity index (χ1v) is 6.93. The Kier molecular flexibility index (Phi) is 5.26. The molecule has 0 aliphatic heterocycles. The number of aliphatic imine (C=N–C) groups is 1. The van der Waals surface area contributed by atoms with Crippen LogP contribution in [0.15, 0.2) is 41.4 Å². The number of rotatable bonds is 5. The number of nitro benzene ring substituents is 1. The fraction of sp³-hybridized carbons (Fsp3) is 0.188. The molecule has 0 aliphatic carbocycles. The van der Waals surface area contributed by atoms with Gasteiger partial charge < -0.3 is 9.47 Å². The zero-order valence-electron chi connectivity index (χ0n) is 13.2. The van der Waals surface area contributed by atoms with Crippen LogP contribution in [0.4, 0.5) is 24.5 Å². The molecule has 0 atom stereocenters. The first-order chi connectivity index (χ1) is 11.7. The number of para-hydroxylation sites is 1. The first kappa shape index (κ1) is 18.2. The van der Waals surface area contributed by atoms with Gasteiger partial charge in [-0.2, -0.15) is 0 Å². The summed E-state index contributed by atoms with van der Waals surface area (Å²) in [5.41, 5.74) is 0.496. The molecule has 0 amide bonds. The van der Waals surface area contributed by atoms with Gasteiger partial charge in [0, 0.05) is 17.3 Å². The van der Waals surface area contributed by atoms with E-state index in [1.54, 1.807) is 19.1 Å².